The van der Waals surface area contributed by atoms with Crippen LogP contribution in [0.5, 0.6) is 0 Å². The summed E-state index contributed by atoms with van der Waals surface area (Å²) < 4.78 is 0. The molecule has 0 saturated heterocycles. The minimum absolute atomic E-state index is 0.0661. The van der Waals surface area contributed by atoms with E-state index >= 15 is 0 Å². The number of benzene rings is 1. The number of hydrogen-bond donors (Lipinski definition) is 3. The lowest BCUT2D eigenvalue weighted by Crippen LogP contribution is -2.28. The number of urea groups is 1. The van der Waals surface area contributed by atoms with Crippen molar-refractivity contribution < 1.29 is 14.7 Å². The molecule has 0 spiro atoms. The van der Waals surface area contributed by atoms with Crippen LogP contribution in [0.2, 0.25) is 5.02 Å². The third-order valence-corrected chi connectivity index (χ3v) is 2.99. The van der Waals surface area contributed by atoms with Crippen molar-refractivity contribution in [1.29, 1.82) is 0 Å². The van der Waals surface area contributed by atoms with Crippen LogP contribution in [0.1, 0.15) is 15.9 Å². The Balaban J connectivity index is 1.97. The van der Waals surface area contributed by atoms with Crippen LogP contribution in [0.25, 0.3) is 0 Å². The summed E-state index contributed by atoms with van der Waals surface area (Å²) in [4.78, 5) is 26.6. The number of nitrogens with zero attached hydrogens (tertiary/aromatic N) is 1. The van der Waals surface area contributed by atoms with Gasteiger partial charge in [0.15, 0.2) is 0 Å². The molecule has 108 valence electrons. The molecule has 2 aromatic rings. The largest absolute Gasteiger partial charge is 0.478 e. The zero-order valence-electron chi connectivity index (χ0n) is 10.8. The van der Waals surface area contributed by atoms with Crippen LogP contribution in [0.4, 0.5) is 10.5 Å². The van der Waals surface area contributed by atoms with Crippen molar-refractivity contribution in [2.75, 3.05) is 5.32 Å². The number of nitrogens with one attached hydrogen (secondary N) is 2. The molecular formula is C14H12ClN3O3. The molecule has 0 saturated carbocycles. The average Bonchev–Trinajstić information content (AvgIpc) is 2.48. The van der Waals surface area contributed by atoms with Gasteiger partial charge in [-0.3, -0.25) is 4.98 Å². The molecule has 0 atom stereocenters. The maximum atomic E-state index is 11.7. The highest BCUT2D eigenvalue weighted by atomic mass is 35.5. The zero-order chi connectivity index (χ0) is 15.2. The molecule has 0 radical (unpaired) electrons. The molecule has 21 heavy (non-hydrogen) atoms. The summed E-state index contributed by atoms with van der Waals surface area (Å²) in [6.07, 6.45) is 3.26. The average molecular weight is 306 g/mol. The van der Waals surface area contributed by atoms with E-state index < -0.39 is 12.0 Å². The van der Waals surface area contributed by atoms with Gasteiger partial charge in [-0.25, -0.2) is 9.59 Å². The van der Waals surface area contributed by atoms with Crippen LogP contribution in [0.15, 0.2) is 42.7 Å². The number of carboxylic acids is 1. The summed E-state index contributed by atoms with van der Waals surface area (Å²) in [6.45, 7) is 0.341. The number of carbonyl (C=O) groups excluding carboxylic acids is 1. The number of amides is 2. The lowest BCUT2D eigenvalue weighted by atomic mass is 10.2. The normalized spacial score (nSPS) is 9.95. The molecule has 1 aromatic carbocycles. The first-order chi connectivity index (χ1) is 10.1. The van der Waals surface area contributed by atoms with Crippen molar-refractivity contribution in [3.8, 4) is 0 Å². The van der Waals surface area contributed by atoms with Gasteiger partial charge in [0.2, 0.25) is 0 Å². The fraction of sp³-hybridized carbons (Fsp3) is 0.0714. The second-order valence-electron chi connectivity index (χ2n) is 4.16. The Morgan fingerprint density at radius 1 is 1.19 bits per heavy atom. The molecule has 0 aliphatic rings. The van der Waals surface area contributed by atoms with Gasteiger partial charge in [-0.2, -0.15) is 0 Å². The van der Waals surface area contributed by atoms with E-state index in [1.807, 2.05) is 0 Å². The Hall–Kier alpha value is -2.60. The molecule has 2 amide bonds. The molecule has 0 aliphatic heterocycles. The molecule has 0 aliphatic carbocycles. The lowest BCUT2D eigenvalue weighted by Gasteiger charge is -2.09. The van der Waals surface area contributed by atoms with E-state index in [0.29, 0.717) is 12.2 Å². The number of rotatable bonds is 4. The van der Waals surface area contributed by atoms with Crippen molar-refractivity contribution in [1.82, 2.24) is 10.3 Å². The van der Waals surface area contributed by atoms with Gasteiger partial charge in [-0.1, -0.05) is 11.6 Å². The molecule has 2 rings (SSSR count). The zero-order valence-corrected chi connectivity index (χ0v) is 11.6. The first-order valence-electron chi connectivity index (χ1n) is 6.03. The standard InChI is InChI=1S/C14H12ClN3O3/c15-12-2-1-10(7-11(12)13(19)20)18-14(21)17-8-9-3-5-16-6-4-9/h1-7H,8H2,(H,19,20)(H2,17,18,21). The molecule has 7 heteroatoms. The van der Waals surface area contributed by atoms with Crippen LogP contribution in [0, 0.1) is 0 Å². The summed E-state index contributed by atoms with van der Waals surface area (Å²) in [6, 6.07) is 7.38. The van der Waals surface area contributed by atoms with E-state index in [1.165, 1.54) is 18.2 Å². The van der Waals surface area contributed by atoms with Gasteiger partial charge in [-0.15, -0.1) is 0 Å². The van der Waals surface area contributed by atoms with Crippen molar-refractivity contribution in [3.63, 3.8) is 0 Å². The number of halogens is 1. The molecular weight excluding hydrogens is 294 g/mol. The molecule has 1 aromatic heterocycles. The highest BCUT2D eigenvalue weighted by Crippen LogP contribution is 2.20. The highest BCUT2D eigenvalue weighted by molar-refractivity contribution is 6.33. The lowest BCUT2D eigenvalue weighted by molar-refractivity contribution is 0.0697. The van der Waals surface area contributed by atoms with Crippen LogP contribution in [0.3, 0.4) is 0 Å². The first kappa shape index (κ1) is 14.8. The number of carboxylic acid groups (broad SMARTS) is 1. The van der Waals surface area contributed by atoms with Crippen LogP contribution >= 0.6 is 11.6 Å². The number of aromatic carboxylic acids is 1. The van der Waals surface area contributed by atoms with Gasteiger partial charge in [0.25, 0.3) is 0 Å². The number of anilines is 1. The van der Waals surface area contributed by atoms with Gasteiger partial charge in [0.1, 0.15) is 0 Å². The smallest absolute Gasteiger partial charge is 0.337 e. The van der Waals surface area contributed by atoms with Gasteiger partial charge < -0.3 is 15.7 Å². The Morgan fingerprint density at radius 3 is 2.57 bits per heavy atom. The highest BCUT2D eigenvalue weighted by Gasteiger charge is 2.10. The number of carbonyl (C=O) groups is 2. The third-order valence-electron chi connectivity index (χ3n) is 2.66. The van der Waals surface area contributed by atoms with Crippen molar-refractivity contribution >= 4 is 29.3 Å². The summed E-state index contributed by atoms with van der Waals surface area (Å²) >= 11 is 5.75. The van der Waals surface area contributed by atoms with Gasteiger partial charge in [0.05, 0.1) is 10.6 Å². The van der Waals surface area contributed by atoms with Crippen LogP contribution < -0.4 is 10.6 Å². The minimum atomic E-state index is -1.15. The van der Waals surface area contributed by atoms with Crippen LogP contribution in [-0.4, -0.2) is 22.1 Å². The summed E-state index contributed by atoms with van der Waals surface area (Å²) in [5.74, 6) is -1.15. The molecule has 0 unspecified atom stereocenters. The summed E-state index contributed by atoms with van der Waals surface area (Å²) in [5.41, 5.74) is 1.19. The molecule has 0 bridgehead atoms. The maximum Gasteiger partial charge on any atom is 0.337 e. The second-order valence-corrected chi connectivity index (χ2v) is 4.57. The van der Waals surface area contributed by atoms with Gasteiger partial charge >= 0.3 is 12.0 Å². The molecule has 3 N–H and O–H groups in total. The Morgan fingerprint density at radius 2 is 1.90 bits per heavy atom. The predicted octanol–water partition coefficient (Wildman–Crippen LogP) is 2.75. The monoisotopic (exact) mass is 305 g/mol. The van der Waals surface area contributed by atoms with E-state index in [1.54, 1.807) is 24.5 Å². The fourth-order valence-corrected chi connectivity index (χ4v) is 1.82. The molecule has 0 fully saturated rings. The second kappa shape index (κ2) is 6.71. The SMILES string of the molecule is O=C(NCc1ccncc1)Nc1ccc(Cl)c(C(=O)O)c1. The fourth-order valence-electron chi connectivity index (χ4n) is 1.63. The van der Waals surface area contributed by atoms with Crippen molar-refractivity contribution in [2.24, 2.45) is 0 Å². The quantitative estimate of drug-likeness (QED) is 0.810. The molecule has 1 heterocycles. The van der Waals surface area contributed by atoms with Crippen molar-refractivity contribution in [3.05, 3.63) is 58.9 Å². The maximum absolute atomic E-state index is 11.7. The topological polar surface area (TPSA) is 91.3 Å². The van der Waals surface area contributed by atoms with E-state index in [0.717, 1.165) is 5.56 Å². The number of hydrogen-bond acceptors (Lipinski definition) is 3. The Kier molecular flexibility index (Phi) is 4.73. The van der Waals surface area contributed by atoms with E-state index in [-0.39, 0.29) is 10.6 Å². The number of pyridine rings is 1. The predicted molar refractivity (Wildman–Crippen MR) is 78.5 cm³/mol. The summed E-state index contributed by atoms with van der Waals surface area (Å²) in [5, 5.41) is 14.3. The number of aromatic nitrogens is 1. The van der Waals surface area contributed by atoms with E-state index in [2.05, 4.69) is 15.6 Å². The van der Waals surface area contributed by atoms with Crippen molar-refractivity contribution in [2.45, 2.75) is 6.54 Å². The van der Waals surface area contributed by atoms with Crippen LogP contribution in [-0.2, 0) is 6.54 Å². The molecule has 6 nitrogen and oxygen atoms in total. The van der Waals surface area contributed by atoms with E-state index in [4.69, 9.17) is 16.7 Å². The van der Waals surface area contributed by atoms with E-state index in [9.17, 15) is 9.59 Å². The van der Waals surface area contributed by atoms with Gasteiger partial charge in [-0.05, 0) is 35.9 Å². The Labute approximate surface area is 125 Å². The minimum Gasteiger partial charge on any atom is -0.478 e. The Bertz CT molecular complexity index is 662. The summed E-state index contributed by atoms with van der Waals surface area (Å²) in [7, 11) is 0. The van der Waals surface area contributed by atoms with Gasteiger partial charge in [0, 0.05) is 24.6 Å². The third kappa shape index (κ3) is 4.19. The first-order valence-corrected chi connectivity index (χ1v) is 6.40.